The standard InChI is InChI=1S/C18H18N4O2/c1-5-21-22(7-1)18-11-15(4-6-20-18)13-19-12-14-2-3-16-17(10-14)24-9-8-23-16/h1-7,10-11,19H,8-9,12-13H2. The maximum atomic E-state index is 5.62. The first-order valence-electron chi connectivity index (χ1n) is 7.93. The first-order valence-corrected chi connectivity index (χ1v) is 7.93. The number of fused-ring (bicyclic) bond motifs is 1. The highest BCUT2D eigenvalue weighted by molar-refractivity contribution is 5.43. The van der Waals surface area contributed by atoms with Gasteiger partial charge in [-0.2, -0.15) is 5.10 Å². The molecule has 0 saturated carbocycles. The van der Waals surface area contributed by atoms with Crippen LogP contribution >= 0.6 is 0 Å². The van der Waals surface area contributed by atoms with Crippen molar-refractivity contribution in [2.24, 2.45) is 0 Å². The Bertz CT molecular complexity index is 818. The number of hydrogen-bond donors (Lipinski definition) is 1. The van der Waals surface area contributed by atoms with E-state index in [1.165, 1.54) is 5.56 Å². The van der Waals surface area contributed by atoms with E-state index in [1.807, 2.05) is 36.5 Å². The highest BCUT2D eigenvalue weighted by Gasteiger charge is 2.11. The van der Waals surface area contributed by atoms with E-state index in [1.54, 1.807) is 17.1 Å². The van der Waals surface area contributed by atoms with Crippen LogP contribution < -0.4 is 14.8 Å². The summed E-state index contributed by atoms with van der Waals surface area (Å²) in [5, 5.41) is 7.65. The van der Waals surface area contributed by atoms with Gasteiger partial charge in [-0.3, -0.25) is 0 Å². The normalized spacial score (nSPS) is 13.0. The van der Waals surface area contributed by atoms with Crippen LogP contribution in [0.2, 0.25) is 0 Å². The molecule has 0 amide bonds. The molecule has 3 aromatic rings. The Kier molecular flexibility index (Phi) is 4.12. The topological polar surface area (TPSA) is 61.2 Å². The summed E-state index contributed by atoms with van der Waals surface area (Å²) in [6.07, 6.45) is 5.43. The lowest BCUT2D eigenvalue weighted by Crippen LogP contribution is -2.17. The van der Waals surface area contributed by atoms with Gasteiger partial charge in [-0.1, -0.05) is 6.07 Å². The summed E-state index contributed by atoms with van der Waals surface area (Å²) >= 11 is 0. The van der Waals surface area contributed by atoms with Crippen molar-refractivity contribution in [3.8, 4) is 17.3 Å². The molecule has 0 aliphatic carbocycles. The van der Waals surface area contributed by atoms with E-state index in [2.05, 4.69) is 21.5 Å². The van der Waals surface area contributed by atoms with Crippen LogP contribution in [0.25, 0.3) is 5.82 Å². The molecule has 1 aromatic carbocycles. The van der Waals surface area contributed by atoms with Crippen LogP contribution in [0.5, 0.6) is 11.5 Å². The maximum Gasteiger partial charge on any atom is 0.161 e. The molecular formula is C18H18N4O2. The minimum atomic E-state index is 0.608. The predicted octanol–water partition coefficient (Wildman–Crippen LogP) is 2.33. The lowest BCUT2D eigenvalue weighted by atomic mass is 10.2. The van der Waals surface area contributed by atoms with Gasteiger partial charge in [0.15, 0.2) is 17.3 Å². The minimum Gasteiger partial charge on any atom is -0.486 e. The van der Waals surface area contributed by atoms with Crippen LogP contribution in [-0.4, -0.2) is 28.0 Å². The van der Waals surface area contributed by atoms with Crippen molar-refractivity contribution in [2.75, 3.05) is 13.2 Å². The molecule has 24 heavy (non-hydrogen) atoms. The van der Waals surface area contributed by atoms with E-state index in [4.69, 9.17) is 9.47 Å². The van der Waals surface area contributed by atoms with Gasteiger partial charge in [0.2, 0.25) is 0 Å². The van der Waals surface area contributed by atoms with E-state index in [0.717, 1.165) is 36.0 Å². The van der Waals surface area contributed by atoms with Gasteiger partial charge in [0.25, 0.3) is 0 Å². The molecule has 0 saturated heterocycles. The molecule has 0 radical (unpaired) electrons. The van der Waals surface area contributed by atoms with Gasteiger partial charge < -0.3 is 14.8 Å². The Morgan fingerprint density at radius 1 is 0.958 bits per heavy atom. The summed E-state index contributed by atoms with van der Waals surface area (Å²) in [5.41, 5.74) is 2.33. The van der Waals surface area contributed by atoms with Crippen LogP contribution in [-0.2, 0) is 13.1 Å². The molecule has 1 N–H and O–H groups in total. The lowest BCUT2D eigenvalue weighted by molar-refractivity contribution is 0.171. The van der Waals surface area contributed by atoms with Crippen LogP contribution in [0.15, 0.2) is 55.0 Å². The molecule has 1 aliphatic heterocycles. The third-order valence-corrected chi connectivity index (χ3v) is 3.81. The number of rotatable bonds is 5. The fourth-order valence-corrected chi connectivity index (χ4v) is 2.65. The molecule has 6 heteroatoms. The molecule has 0 fully saturated rings. The van der Waals surface area contributed by atoms with Crippen LogP contribution in [0, 0.1) is 0 Å². The van der Waals surface area contributed by atoms with Crippen LogP contribution in [0.3, 0.4) is 0 Å². The Morgan fingerprint density at radius 3 is 2.62 bits per heavy atom. The molecule has 4 rings (SSSR count). The summed E-state index contributed by atoms with van der Waals surface area (Å²) in [6, 6.07) is 12.0. The van der Waals surface area contributed by atoms with Crippen molar-refractivity contribution >= 4 is 0 Å². The molecule has 3 heterocycles. The van der Waals surface area contributed by atoms with E-state index >= 15 is 0 Å². The quantitative estimate of drug-likeness (QED) is 0.781. The van der Waals surface area contributed by atoms with Gasteiger partial charge in [-0.15, -0.1) is 0 Å². The third kappa shape index (κ3) is 3.23. The third-order valence-electron chi connectivity index (χ3n) is 3.81. The SMILES string of the molecule is c1cnn(-c2cc(CNCc3ccc4c(c3)OCCO4)ccn2)c1. The van der Waals surface area contributed by atoms with Gasteiger partial charge in [-0.25, -0.2) is 9.67 Å². The number of hydrogen-bond acceptors (Lipinski definition) is 5. The highest BCUT2D eigenvalue weighted by atomic mass is 16.6. The average molecular weight is 322 g/mol. The van der Waals surface area contributed by atoms with Crippen molar-refractivity contribution in [2.45, 2.75) is 13.1 Å². The van der Waals surface area contributed by atoms with E-state index in [0.29, 0.717) is 13.2 Å². The first kappa shape index (κ1) is 14.7. The van der Waals surface area contributed by atoms with E-state index in [-0.39, 0.29) is 0 Å². The number of aromatic nitrogens is 3. The molecule has 0 spiro atoms. The maximum absolute atomic E-state index is 5.62. The smallest absolute Gasteiger partial charge is 0.161 e. The lowest BCUT2D eigenvalue weighted by Gasteiger charge is -2.19. The second-order valence-electron chi connectivity index (χ2n) is 5.55. The number of ether oxygens (including phenoxy) is 2. The fourth-order valence-electron chi connectivity index (χ4n) is 2.65. The number of nitrogens with zero attached hydrogens (tertiary/aromatic N) is 3. The number of benzene rings is 1. The minimum absolute atomic E-state index is 0.608. The Balaban J connectivity index is 1.38. The second-order valence-corrected chi connectivity index (χ2v) is 5.55. The fraction of sp³-hybridized carbons (Fsp3) is 0.222. The predicted molar refractivity (Wildman–Crippen MR) is 89.3 cm³/mol. The van der Waals surface area contributed by atoms with Crippen LogP contribution in [0.4, 0.5) is 0 Å². The molecule has 1 aliphatic rings. The molecule has 6 nitrogen and oxygen atoms in total. The highest BCUT2D eigenvalue weighted by Crippen LogP contribution is 2.30. The monoisotopic (exact) mass is 322 g/mol. The number of pyridine rings is 1. The average Bonchev–Trinajstić information content (AvgIpc) is 3.17. The summed E-state index contributed by atoms with van der Waals surface area (Å²) < 4.78 is 12.9. The molecular weight excluding hydrogens is 304 g/mol. The summed E-state index contributed by atoms with van der Waals surface area (Å²) in [5.74, 6) is 2.46. The largest absolute Gasteiger partial charge is 0.486 e. The zero-order valence-corrected chi connectivity index (χ0v) is 13.2. The Hall–Kier alpha value is -2.86. The van der Waals surface area contributed by atoms with Gasteiger partial charge in [-0.05, 0) is 41.5 Å². The van der Waals surface area contributed by atoms with Crippen LogP contribution in [0.1, 0.15) is 11.1 Å². The summed E-state index contributed by atoms with van der Waals surface area (Å²) in [4.78, 5) is 4.34. The van der Waals surface area contributed by atoms with Crippen molar-refractivity contribution in [1.82, 2.24) is 20.1 Å². The Labute approximate surface area is 140 Å². The van der Waals surface area contributed by atoms with E-state index < -0.39 is 0 Å². The van der Waals surface area contributed by atoms with E-state index in [9.17, 15) is 0 Å². The molecule has 122 valence electrons. The number of nitrogens with one attached hydrogen (secondary N) is 1. The van der Waals surface area contributed by atoms with Gasteiger partial charge in [0.1, 0.15) is 13.2 Å². The van der Waals surface area contributed by atoms with Crippen molar-refractivity contribution < 1.29 is 9.47 Å². The second kappa shape index (κ2) is 6.72. The van der Waals surface area contributed by atoms with Gasteiger partial charge in [0.05, 0.1) is 0 Å². The molecule has 2 aromatic heterocycles. The van der Waals surface area contributed by atoms with Crippen molar-refractivity contribution in [3.05, 3.63) is 66.1 Å². The molecule has 0 bridgehead atoms. The summed E-state index contributed by atoms with van der Waals surface area (Å²) in [6.45, 7) is 2.74. The zero-order chi connectivity index (χ0) is 16.2. The zero-order valence-electron chi connectivity index (χ0n) is 13.2. The molecule has 0 atom stereocenters. The van der Waals surface area contributed by atoms with Crippen molar-refractivity contribution in [1.29, 1.82) is 0 Å². The van der Waals surface area contributed by atoms with Gasteiger partial charge >= 0.3 is 0 Å². The Morgan fingerprint density at radius 2 is 1.79 bits per heavy atom. The first-order chi connectivity index (χ1) is 11.9. The molecule has 0 unspecified atom stereocenters. The van der Waals surface area contributed by atoms with Crippen molar-refractivity contribution in [3.63, 3.8) is 0 Å². The van der Waals surface area contributed by atoms with Gasteiger partial charge in [0, 0.05) is 31.7 Å². The summed E-state index contributed by atoms with van der Waals surface area (Å²) in [7, 11) is 0.